The van der Waals surface area contributed by atoms with Crippen LogP contribution in [0.3, 0.4) is 0 Å². The predicted molar refractivity (Wildman–Crippen MR) is 123 cm³/mol. The topological polar surface area (TPSA) is 146 Å². The zero-order chi connectivity index (χ0) is 24.2. The lowest BCUT2D eigenvalue weighted by Gasteiger charge is -2.19. The Bertz CT molecular complexity index is 1180. The normalized spacial score (nSPS) is 13.1. The number of hydrogen-bond acceptors (Lipinski definition) is 6. The highest BCUT2D eigenvalue weighted by Crippen LogP contribution is 2.44. The van der Waals surface area contributed by atoms with Gasteiger partial charge in [0.25, 0.3) is 11.9 Å². The van der Waals surface area contributed by atoms with Crippen LogP contribution in [0.15, 0.2) is 48.5 Å². The van der Waals surface area contributed by atoms with Gasteiger partial charge in [-0.25, -0.2) is 4.79 Å². The van der Waals surface area contributed by atoms with Crippen molar-refractivity contribution in [2.75, 3.05) is 11.9 Å². The van der Waals surface area contributed by atoms with Crippen molar-refractivity contribution >= 4 is 23.9 Å². The molecule has 0 spiro atoms. The fourth-order valence-corrected chi connectivity index (χ4v) is 4.02. The highest BCUT2D eigenvalue weighted by atomic mass is 16.5. The first-order valence-electron chi connectivity index (χ1n) is 10.9. The molecule has 2 aromatic carbocycles. The average molecular weight is 463 g/mol. The van der Waals surface area contributed by atoms with Crippen molar-refractivity contribution in [3.8, 4) is 11.1 Å². The highest BCUT2D eigenvalue weighted by Gasteiger charge is 2.29. The van der Waals surface area contributed by atoms with E-state index in [9.17, 15) is 14.4 Å². The number of carbonyl (C=O) groups excluding carboxylic acids is 2. The van der Waals surface area contributed by atoms with Gasteiger partial charge in [-0.05, 0) is 28.2 Å². The van der Waals surface area contributed by atoms with E-state index in [1.165, 1.54) is 0 Å². The lowest BCUT2D eigenvalue weighted by molar-refractivity contribution is -0.137. The van der Waals surface area contributed by atoms with Gasteiger partial charge in [0.05, 0.1) is 6.42 Å². The molecule has 2 amide bonds. The number of rotatable bonds is 8. The number of amides is 2. The molecule has 1 aliphatic carbocycles. The van der Waals surface area contributed by atoms with Crippen LogP contribution in [0.1, 0.15) is 47.9 Å². The molecule has 1 aliphatic rings. The average Bonchev–Trinajstić information content (AvgIpc) is 3.39. The van der Waals surface area contributed by atoms with E-state index in [-0.39, 0.29) is 36.6 Å². The molecule has 1 heterocycles. The quantitative estimate of drug-likeness (QED) is 0.400. The molecular weight excluding hydrogens is 438 g/mol. The van der Waals surface area contributed by atoms with E-state index in [0.717, 1.165) is 22.3 Å². The summed E-state index contributed by atoms with van der Waals surface area (Å²) in [6.45, 7) is 3.74. The number of hydrogen-bond donors (Lipinski definition) is 4. The smallest absolute Gasteiger partial charge is 0.414 e. The summed E-state index contributed by atoms with van der Waals surface area (Å²) in [4.78, 5) is 39.7. The number of carboxylic acids is 1. The maximum atomic E-state index is 12.4. The number of anilines is 1. The first kappa shape index (κ1) is 23.0. The van der Waals surface area contributed by atoms with Crippen LogP contribution in [0.4, 0.5) is 10.7 Å². The van der Waals surface area contributed by atoms with Crippen LogP contribution >= 0.6 is 0 Å². The van der Waals surface area contributed by atoms with Crippen LogP contribution in [0.25, 0.3) is 11.1 Å². The zero-order valence-corrected chi connectivity index (χ0v) is 18.7. The zero-order valence-electron chi connectivity index (χ0n) is 18.7. The molecule has 1 aromatic heterocycles. The van der Waals surface area contributed by atoms with E-state index >= 15 is 0 Å². The van der Waals surface area contributed by atoms with E-state index in [0.29, 0.717) is 0 Å². The second-order valence-corrected chi connectivity index (χ2v) is 8.38. The fraction of sp³-hybridized carbons (Fsp3) is 0.292. The van der Waals surface area contributed by atoms with Crippen molar-refractivity contribution < 1.29 is 24.2 Å². The van der Waals surface area contributed by atoms with Crippen LogP contribution in [0, 0.1) is 5.92 Å². The minimum Gasteiger partial charge on any atom is -0.481 e. The van der Waals surface area contributed by atoms with Gasteiger partial charge in [0.15, 0.2) is 0 Å². The van der Waals surface area contributed by atoms with Gasteiger partial charge in [0, 0.05) is 12.0 Å². The third-order valence-corrected chi connectivity index (χ3v) is 5.77. The highest BCUT2D eigenvalue weighted by molar-refractivity contribution is 5.92. The number of carboxylic acid groups (broad SMARTS) is 1. The van der Waals surface area contributed by atoms with E-state index < -0.39 is 24.0 Å². The summed E-state index contributed by atoms with van der Waals surface area (Å²) < 4.78 is 5.44. The molecule has 0 saturated heterocycles. The number of nitrogens with zero attached hydrogens (tertiary/aromatic N) is 2. The number of fused-ring (bicyclic) bond motifs is 3. The Morgan fingerprint density at radius 3 is 2.26 bits per heavy atom. The number of benzene rings is 2. The van der Waals surface area contributed by atoms with Crippen LogP contribution in [-0.4, -0.2) is 50.9 Å². The minimum absolute atomic E-state index is 0.0890. The Morgan fingerprint density at radius 1 is 1.06 bits per heavy atom. The second-order valence-electron chi connectivity index (χ2n) is 8.38. The summed E-state index contributed by atoms with van der Waals surface area (Å²) in [5.41, 5.74) is 4.43. The molecule has 0 fully saturated rings. The summed E-state index contributed by atoms with van der Waals surface area (Å²) >= 11 is 0. The van der Waals surface area contributed by atoms with E-state index in [1.54, 1.807) is 13.8 Å². The van der Waals surface area contributed by atoms with Gasteiger partial charge in [-0.1, -0.05) is 62.4 Å². The number of nitrogens with one attached hydrogen (secondary N) is 3. The van der Waals surface area contributed by atoms with Crippen molar-refractivity contribution in [3.05, 3.63) is 65.5 Å². The molecule has 3 aromatic rings. The van der Waals surface area contributed by atoms with Crippen LogP contribution in [-0.2, 0) is 9.53 Å². The summed E-state index contributed by atoms with van der Waals surface area (Å²) in [6.07, 6.45) is -0.971. The standard InChI is InChI=1S/C24H25N5O5/c1-13(2)19(11-20(30)31)25-22(32)21-26-23(29-28-21)27-24(33)34-12-18-16-9-5-3-7-14(16)15-8-4-6-10-17(15)18/h3-10,13,18-19H,11-12H2,1-2H3,(H,25,32)(H,30,31)(H2,26,27,28,29,33). The third-order valence-electron chi connectivity index (χ3n) is 5.77. The molecule has 1 atom stereocenters. The number of aromatic amines is 1. The van der Waals surface area contributed by atoms with Gasteiger partial charge in [0.1, 0.15) is 6.61 Å². The molecule has 4 rings (SSSR count). The van der Waals surface area contributed by atoms with Crippen molar-refractivity contribution in [2.24, 2.45) is 5.92 Å². The molecule has 0 radical (unpaired) electrons. The summed E-state index contributed by atoms with van der Waals surface area (Å²) in [7, 11) is 0. The number of carbonyl (C=O) groups is 3. The second kappa shape index (κ2) is 9.74. The number of aliphatic carboxylic acids is 1. The predicted octanol–water partition coefficient (Wildman–Crippen LogP) is 3.39. The van der Waals surface area contributed by atoms with Crippen LogP contribution in [0.2, 0.25) is 0 Å². The number of ether oxygens (including phenoxy) is 1. The molecule has 0 bridgehead atoms. The van der Waals surface area contributed by atoms with Crippen molar-refractivity contribution in [1.29, 1.82) is 0 Å². The molecule has 0 aliphatic heterocycles. The number of aromatic nitrogens is 3. The molecule has 10 heteroatoms. The van der Waals surface area contributed by atoms with Gasteiger partial charge >= 0.3 is 12.1 Å². The summed E-state index contributed by atoms with van der Waals surface area (Å²) in [5.74, 6) is -2.09. The Hall–Kier alpha value is -4.21. The fourth-order valence-electron chi connectivity index (χ4n) is 4.02. The third kappa shape index (κ3) is 4.90. The molecular formula is C24H25N5O5. The Balaban J connectivity index is 1.36. The molecule has 10 nitrogen and oxygen atoms in total. The first-order valence-corrected chi connectivity index (χ1v) is 10.9. The Kier molecular flexibility index (Phi) is 6.58. The minimum atomic E-state index is -1.02. The largest absolute Gasteiger partial charge is 0.481 e. The van der Waals surface area contributed by atoms with E-state index in [2.05, 4.69) is 37.9 Å². The molecule has 1 unspecified atom stereocenters. The molecule has 4 N–H and O–H groups in total. The van der Waals surface area contributed by atoms with E-state index in [1.807, 2.05) is 36.4 Å². The lowest BCUT2D eigenvalue weighted by Crippen LogP contribution is -2.40. The number of H-pyrrole nitrogens is 1. The van der Waals surface area contributed by atoms with Gasteiger partial charge in [-0.2, -0.15) is 4.98 Å². The molecule has 0 saturated carbocycles. The molecule has 176 valence electrons. The summed E-state index contributed by atoms with van der Waals surface area (Å²) in [5, 5.41) is 20.3. The maximum absolute atomic E-state index is 12.4. The Labute approximate surface area is 195 Å². The van der Waals surface area contributed by atoms with E-state index in [4.69, 9.17) is 9.84 Å². The Morgan fingerprint density at radius 2 is 1.68 bits per heavy atom. The lowest BCUT2D eigenvalue weighted by atomic mass is 9.98. The summed E-state index contributed by atoms with van der Waals surface area (Å²) in [6, 6.07) is 15.4. The maximum Gasteiger partial charge on any atom is 0.414 e. The molecule has 34 heavy (non-hydrogen) atoms. The van der Waals surface area contributed by atoms with Crippen molar-refractivity contribution in [2.45, 2.75) is 32.2 Å². The monoisotopic (exact) mass is 463 g/mol. The van der Waals surface area contributed by atoms with Crippen LogP contribution < -0.4 is 10.6 Å². The van der Waals surface area contributed by atoms with Gasteiger partial charge < -0.3 is 15.2 Å². The van der Waals surface area contributed by atoms with Crippen molar-refractivity contribution in [3.63, 3.8) is 0 Å². The first-order chi connectivity index (χ1) is 16.3. The van der Waals surface area contributed by atoms with Gasteiger partial charge in [0.2, 0.25) is 5.82 Å². The van der Waals surface area contributed by atoms with Crippen LogP contribution in [0.5, 0.6) is 0 Å². The van der Waals surface area contributed by atoms with Gasteiger partial charge in [-0.15, -0.1) is 5.10 Å². The van der Waals surface area contributed by atoms with Gasteiger partial charge in [-0.3, -0.25) is 20.0 Å². The SMILES string of the molecule is CC(C)C(CC(=O)O)NC(=O)c1nc(NC(=O)OCC2c3ccccc3-c3ccccc32)n[nH]1. The van der Waals surface area contributed by atoms with Crippen molar-refractivity contribution in [1.82, 2.24) is 20.5 Å².